The summed E-state index contributed by atoms with van der Waals surface area (Å²) in [6, 6.07) is 0. The molecule has 0 amide bonds. The van der Waals surface area contributed by atoms with Crippen molar-refractivity contribution in [1.29, 1.82) is 0 Å². The van der Waals surface area contributed by atoms with E-state index in [9.17, 15) is 0 Å². The van der Waals surface area contributed by atoms with Crippen LogP contribution < -0.4 is 0 Å². The predicted molar refractivity (Wildman–Crippen MR) is 81.3 cm³/mol. The molecule has 0 unspecified atom stereocenters. The minimum Gasteiger partial charge on any atom is -0.870 e. The van der Waals surface area contributed by atoms with E-state index in [2.05, 4.69) is 53.7 Å². The molecule has 0 rings (SSSR count). The van der Waals surface area contributed by atoms with Crippen molar-refractivity contribution in [1.82, 2.24) is 0 Å². The maximum absolute atomic E-state index is 7.94. The first-order chi connectivity index (χ1) is 7.37. The fourth-order valence-corrected chi connectivity index (χ4v) is 0. The van der Waals surface area contributed by atoms with Crippen molar-refractivity contribution < 1.29 is 58.6 Å². The average molecular weight is 878 g/mol. The molecule has 0 fully saturated rings. The van der Waals surface area contributed by atoms with Crippen molar-refractivity contribution >= 4 is 65.7 Å². The molecule has 8 N–H and O–H groups in total. The zero-order valence-electron chi connectivity index (χ0n) is 9.47. The van der Waals surface area contributed by atoms with Crippen LogP contribution in [-0.4, -0.2) is 42.7 Å². The number of halogens is 4. The number of carbonyl (C=O) groups excluding carboxylic acids is 2. The molecule has 0 radical (unpaired) electrons. The van der Waals surface area contributed by atoms with Crippen LogP contribution in [0.5, 0.6) is 0 Å². The van der Waals surface area contributed by atoms with Gasteiger partial charge in [0, 0.05) is 0 Å². The molecule has 0 heterocycles. The predicted octanol–water partition coefficient (Wildman–Crippen LogP) is 2.27. The van der Waals surface area contributed by atoms with Gasteiger partial charge in [-0.05, 0) is 13.8 Å². The fourth-order valence-electron chi connectivity index (χ4n) is 0. The molecule has 0 aromatic heterocycles. The first-order valence-corrected chi connectivity index (χ1v) is 27.4. The summed E-state index contributed by atoms with van der Waals surface area (Å²) in [4.78, 5) is 15.9. The van der Waals surface area contributed by atoms with Crippen LogP contribution in [-0.2, 0) is 27.9 Å². The number of rotatable bonds is 2. The van der Waals surface area contributed by atoms with Crippen LogP contribution >= 0.6 is 53.7 Å². The summed E-state index contributed by atoms with van der Waals surface area (Å²) in [5.74, 6) is -0.491. The third-order valence-corrected chi connectivity index (χ3v) is 0.670. The van der Waals surface area contributed by atoms with E-state index in [0.29, 0.717) is 12.8 Å². The van der Waals surface area contributed by atoms with Crippen LogP contribution in [0.3, 0.4) is 0 Å². The van der Waals surface area contributed by atoms with Gasteiger partial charge in [-0.3, -0.25) is 0 Å². The van der Waals surface area contributed by atoms with Crippen molar-refractivity contribution in [3.63, 3.8) is 0 Å². The maximum atomic E-state index is 7.94. The van der Waals surface area contributed by atoms with Gasteiger partial charge in [0.15, 0.2) is 12.8 Å². The van der Waals surface area contributed by atoms with Crippen molar-refractivity contribution in [3.8, 4) is 0 Å². The first kappa shape index (κ1) is 36.9. The Morgan fingerprint density at radius 3 is 0.889 bits per heavy atom. The maximum Gasteiger partial charge on any atom is -0.870 e. The molecular weight excluding hydrogens is 860 g/mol. The second-order valence-electron chi connectivity index (χ2n) is 1.71. The van der Waals surface area contributed by atoms with E-state index in [0.717, 1.165) is 0 Å². The Labute approximate surface area is 149 Å². The fraction of sp³-hybridized carbons (Fsp3) is 0.667. The molecule has 12 heteroatoms. The van der Waals surface area contributed by atoms with Gasteiger partial charge in [0.1, 0.15) is 0 Å². The molecule has 0 atom stereocenters. The summed E-state index contributed by atoms with van der Waals surface area (Å²) >= 11 is 12.8. The largest absolute Gasteiger partial charge is 0.870 e. The summed E-state index contributed by atoms with van der Waals surface area (Å²) in [5, 5.41) is 12.6. The quantitative estimate of drug-likeness (QED) is 0.392. The third-order valence-electron chi connectivity index (χ3n) is 0.670. The van der Waals surface area contributed by atoms with Gasteiger partial charge in [-0.2, -0.15) is 0 Å². The minimum absolute atomic E-state index is 0. The van der Waals surface area contributed by atoms with Gasteiger partial charge >= 0.3 is 93.5 Å². The van der Waals surface area contributed by atoms with E-state index in [1.807, 2.05) is 0 Å². The Bertz CT molecular complexity index is 138. The number of hydrogen-bond acceptors (Lipinski definition) is 2. The molecule has 18 heavy (non-hydrogen) atoms. The van der Waals surface area contributed by atoms with Crippen molar-refractivity contribution in [3.05, 3.63) is 0 Å². The van der Waals surface area contributed by atoms with Gasteiger partial charge in [0.25, 0.3) is 0 Å². The summed E-state index contributed by atoms with van der Waals surface area (Å²) in [5.41, 5.74) is 0. The van der Waals surface area contributed by atoms with E-state index in [4.69, 9.17) is 19.8 Å². The first-order valence-electron chi connectivity index (χ1n) is 3.64. The second kappa shape index (κ2) is 42.7. The van der Waals surface area contributed by atoms with E-state index >= 15 is 0 Å². The second-order valence-corrected chi connectivity index (χ2v) is 25.5. The summed E-state index contributed by atoms with van der Waals surface area (Å²) in [7, 11) is 0. The number of hydrogen-bond donors (Lipinski definition) is 0. The summed E-state index contributed by atoms with van der Waals surface area (Å²) in [6.45, 7) is 3.45. The van der Waals surface area contributed by atoms with Gasteiger partial charge in [-0.15, -0.1) is 0 Å². The molecule has 0 saturated carbocycles. The molecule has 118 valence electrons. The van der Waals surface area contributed by atoms with Gasteiger partial charge < -0.3 is 21.2 Å². The Morgan fingerprint density at radius 2 is 0.889 bits per heavy atom. The van der Waals surface area contributed by atoms with Gasteiger partial charge in [-0.1, -0.05) is 0 Å². The molecule has 0 spiro atoms. The van der Waals surface area contributed by atoms with Gasteiger partial charge in [0.2, 0.25) is 0 Å². The molecule has 6 nitrogen and oxygen atoms in total. The van der Waals surface area contributed by atoms with E-state index in [1.54, 1.807) is 13.8 Å². The third kappa shape index (κ3) is 142. The Morgan fingerprint density at radius 1 is 0.833 bits per heavy atom. The molecule has 0 bridgehead atoms. The van der Waals surface area contributed by atoms with Crippen LogP contribution in [0.25, 0.3) is 0 Å². The van der Waals surface area contributed by atoms with Gasteiger partial charge in [-0.25, -0.2) is 9.59 Å². The monoisotopic (exact) mass is 876 g/mol. The average Bonchev–Trinajstić information content (AvgIpc) is 2.21. The minimum atomic E-state index is -0.245. The Balaban J connectivity index is -0.0000000265. The van der Waals surface area contributed by atoms with E-state index in [-0.39, 0.29) is 50.8 Å². The molecule has 0 aliphatic carbocycles. The van der Waals surface area contributed by atoms with Gasteiger partial charge in [0.05, 0.1) is 0 Å². The Kier molecular flexibility index (Phi) is 87.6. The zero-order chi connectivity index (χ0) is 14.0. The normalized spacial score (nSPS) is 6.11. The standard InChI is InChI=1S/2C3H6O2.4BrH.2H2O.2Re/c2*1-2-3(4)5;;;;;;;;/h2*2H2,1H3,(H,4,5);4*1H;2*1H2;;/q;;;;;;;;2*+2/p-2. The molecule has 0 aliphatic rings. The summed E-state index contributed by atoms with van der Waals surface area (Å²) < 4.78 is 0. The molecule has 0 aliphatic heterocycles. The van der Waals surface area contributed by atoms with Crippen LogP contribution in [0.4, 0.5) is 0 Å². The van der Waals surface area contributed by atoms with Crippen LogP contribution in [0.1, 0.15) is 26.7 Å². The topological polar surface area (TPSA) is 149 Å². The molecular formula is C6H18Br4O6Re2+2. The molecule has 0 saturated heterocycles. The van der Waals surface area contributed by atoms with E-state index < -0.39 is 0 Å². The van der Waals surface area contributed by atoms with Crippen molar-refractivity contribution in [2.45, 2.75) is 26.7 Å². The summed E-state index contributed by atoms with van der Waals surface area (Å²) in [6.07, 6.45) is 0.889. The van der Waals surface area contributed by atoms with Crippen LogP contribution in [0, 0.1) is 0 Å². The van der Waals surface area contributed by atoms with Crippen molar-refractivity contribution in [2.75, 3.05) is 0 Å². The van der Waals surface area contributed by atoms with Crippen LogP contribution in [0.15, 0.2) is 0 Å². The van der Waals surface area contributed by atoms with E-state index in [1.165, 1.54) is 0 Å². The van der Waals surface area contributed by atoms with Crippen molar-refractivity contribution in [2.24, 2.45) is 0 Å². The molecule has 0 aromatic carbocycles. The smallest absolute Gasteiger partial charge is 0.870 e. The zero-order valence-corrected chi connectivity index (χ0v) is 21.2. The molecule has 0 aromatic rings. The Hall–Kier alpha value is 2.10. The SMILES string of the molecule is CCC(=[OH+])[OH2+].CCC(=[OH+])[OH2+].[Br][Re][Br].[Br][Re][Br].[OH-].[OH-]. The van der Waals surface area contributed by atoms with Crippen LogP contribution in [0.2, 0.25) is 0 Å².